The van der Waals surface area contributed by atoms with Crippen LogP contribution in [0.1, 0.15) is 52.8 Å². The van der Waals surface area contributed by atoms with Crippen molar-refractivity contribution in [2.24, 2.45) is 7.05 Å². The van der Waals surface area contributed by atoms with Crippen LogP contribution in [0.4, 0.5) is 0 Å². The molecule has 0 spiro atoms. The minimum atomic E-state index is 0.0223. The molecule has 0 radical (unpaired) electrons. The third-order valence-electron chi connectivity index (χ3n) is 5.28. The van der Waals surface area contributed by atoms with Crippen molar-refractivity contribution in [3.8, 4) is 6.07 Å². The average Bonchev–Trinajstić information content (AvgIpc) is 3.39. The second-order valence-corrected chi connectivity index (χ2v) is 6.92. The fraction of sp³-hybridized carbons (Fsp3) is 0.500. The molecule has 124 valence electrons. The van der Waals surface area contributed by atoms with Crippen LogP contribution in [0.3, 0.4) is 0 Å². The van der Waals surface area contributed by atoms with Crippen LogP contribution in [-0.4, -0.2) is 26.0 Å². The van der Waals surface area contributed by atoms with Crippen LogP contribution in [0.25, 0.3) is 0 Å². The van der Waals surface area contributed by atoms with Crippen molar-refractivity contribution in [1.29, 1.82) is 5.26 Å². The summed E-state index contributed by atoms with van der Waals surface area (Å²) in [5.74, 6) is 1.35. The fourth-order valence-electron chi connectivity index (χ4n) is 3.46. The second kappa shape index (κ2) is 5.60. The molecule has 0 saturated heterocycles. The summed E-state index contributed by atoms with van der Waals surface area (Å²) in [6, 6.07) is 4.17. The molecule has 3 heterocycles. The van der Waals surface area contributed by atoms with Gasteiger partial charge in [0.1, 0.15) is 17.6 Å². The van der Waals surface area contributed by atoms with Crippen LogP contribution in [0.15, 0.2) is 10.9 Å². The molecule has 1 fully saturated rings. The largest absolute Gasteiger partial charge is 0.340 e. The van der Waals surface area contributed by atoms with E-state index in [2.05, 4.69) is 16.0 Å². The summed E-state index contributed by atoms with van der Waals surface area (Å²) in [6.07, 6.45) is 3.10. The molecule has 1 N–H and O–H groups in total. The van der Waals surface area contributed by atoms with Gasteiger partial charge in [0.2, 0.25) is 0 Å². The monoisotopic (exact) mass is 323 g/mol. The number of rotatable bonds is 3. The van der Waals surface area contributed by atoms with E-state index < -0.39 is 0 Å². The van der Waals surface area contributed by atoms with Gasteiger partial charge in [0.25, 0.3) is 5.56 Å². The average molecular weight is 323 g/mol. The van der Waals surface area contributed by atoms with Crippen LogP contribution in [-0.2, 0) is 26.6 Å². The van der Waals surface area contributed by atoms with Gasteiger partial charge in [-0.05, 0) is 31.4 Å². The van der Waals surface area contributed by atoms with E-state index in [4.69, 9.17) is 10.2 Å². The number of hydrogen-bond donors (Lipinski definition) is 1. The number of aromatic amines is 1. The van der Waals surface area contributed by atoms with E-state index in [1.54, 1.807) is 0 Å². The maximum absolute atomic E-state index is 12.4. The molecule has 1 aliphatic carbocycles. The molecular weight excluding hydrogens is 302 g/mol. The molecule has 6 nitrogen and oxygen atoms in total. The fourth-order valence-corrected chi connectivity index (χ4v) is 3.46. The highest BCUT2D eigenvalue weighted by atomic mass is 16.1. The number of nitrogens with one attached hydrogen (secondary N) is 1. The number of nitriles is 1. The summed E-state index contributed by atoms with van der Waals surface area (Å²) < 4.78 is 1.92. The molecule has 0 unspecified atom stereocenters. The molecule has 0 aromatic carbocycles. The van der Waals surface area contributed by atoms with Gasteiger partial charge in [0, 0.05) is 44.7 Å². The standard InChI is InChI=1S/C18H21N5O/c1-11-13(7-14(8-19)22(11)2)9-23-6-5-16-15(10-23)18(24)21-17(20-16)12-3-4-12/h7,12H,3-6,9-10H2,1-2H3,(H,20,21,24). The van der Waals surface area contributed by atoms with E-state index in [9.17, 15) is 4.79 Å². The van der Waals surface area contributed by atoms with E-state index in [-0.39, 0.29) is 5.56 Å². The van der Waals surface area contributed by atoms with Crippen molar-refractivity contribution >= 4 is 0 Å². The molecule has 4 rings (SSSR count). The first-order valence-corrected chi connectivity index (χ1v) is 8.46. The summed E-state index contributed by atoms with van der Waals surface area (Å²) in [4.78, 5) is 22.4. The Labute approximate surface area is 140 Å². The summed E-state index contributed by atoms with van der Waals surface area (Å²) >= 11 is 0. The predicted octanol–water partition coefficient (Wildman–Crippen LogP) is 1.72. The molecule has 0 amide bonds. The first-order chi connectivity index (χ1) is 11.6. The summed E-state index contributed by atoms with van der Waals surface area (Å²) in [5, 5.41) is 9.17. The van der Waals surface area contributed by atoms with Crippen LogP contribution in [0.5, 0.6) is 0 Å². The molecule has 1 aliphatic heterocycles. The summed E-state index contributed by atoms with van der Waals surface area (Å²) in [7, 11) is 1.91. The van der Waals surface area contributed by atoms with Crippen molar-refractivity contribution in [3.63, 3.8) is 0 Å². The topological polar surface area (TPSA) is 77.7 Å². The SMILES string of the molecule is Cc1c(CN2CCc3nc(C4CC4)[nH]c(=O)c3C2)cc(C#N)n1C. The molecule has 0 atom stereocenters. The van der Waals surface area contributed by atoms with Crippen LogP contribution < -0.4 is 5.56 Å². The molecule has 2 aliphatic rings. The lowest BCUT2D eigenvalue weighted by Gasteiger charge is -2.27. The highest BCUT2D eigenvalue weighted by Crippen LogP contribution is 2.37. The first kappa shape index (κ1) is 15.2. The number of hydrogen-bond acceptors (Lipinski definition) is 4. The second-order valence-electron chi connectivity index (χ2n) is 6.92. The van der Waals surface area contributed by atoms with Crippen molar-refractivity contribution < 1.29 is 0 Å². The highest BCUT2D eigenvalue weighted by Gasteiger charge is 2.29. The van der Waals surface area contributed by atoms with E-state index in [0.29, 0.717) is 18.2 Å². The van der Waals surface area contributed by atoms with Gasteiger partial charge < -0.3 is 9.55 Å². The maximum Gasteiger partial charge on any atom is 0.255 e. The van der Waals surface area contributed by atoms with Gasteiger partial charge in [-0.1, -0.05) is 0 Å². The molecule has 2 aromatic heterocycles. The van der Waals surface area contributed by atoms with Crippen LogP contribution in [0.2, 0.25) is 0 Å². The Bertz CT molecular complexity index is 897. The van der Waals surface area contributed by atoms with Crippen LogP contribution >= 0.6 is 0 Å². The number of H-pyrrole nitrogens is 1. The Balaban J connectivity index is 1.57. The Morgan fingerprint density at radius 3 is 2.92 bits per heavy atom. The van der Waals surface area contributed by atoms with E-state index in [0.717, 1.165) is 60.7 Å². The van der Waals surface area contributed by atoms with Gasteiger partial charge in [-0.3, -0.25) is 9.69 Å². The normalized spacial score (nSPS) is 17.5. The molecule has 6 heteroatoms. The Morgan fingerprint density at radius 1 is 1.46 bits per heavy atom. The number of fused-ring (bicyclic) bond motifs is 1. The maximum atomic E-state index is 12.4. The van der Waals surface area contributed by atoms with Crippen molar-refractivity contribution in [1.82, 2.24) is 19.4 Å². The molecule has 2 aromatic rings. The van der Waals surface area contributed by atoms with Crippen LogP contribution in [0, 0.1) is 18.3 Å². The molecular formula is C18H21N5O. The van der Waals surface area contributed by atoms with Gasteiger partial charge in [-0.2, -0.15) is 5.26 Å². The lowest BCUT2D eigenvalue weighted by molar-refractivity contribution is 0.241. The summed E-state index contributed by atoms with van der Waals surface area (Å²) in [5.41, 5.74) is 4.73. The summed E-state index contributed by atoms with van der Waals surface area (Å²) in [6.45, 7) is 4.30. The lowest BCUT2D eigenvalue weighted by atomic mass is 10.1. The quantitative estimate of drug-likeness (QED) is 0.933. The van der Waals surface area contributed by atoms with E-state index in [1.165, 1.54) is 0 Å². The third kappa shape index (κ3) is 2.55. The zero-order valence-electron chi connectivity index (χ0n) is 14.1. The van der Waals surface area contributed by atoms with Gasteiger partial charge in [0.15, 0.2) is 0 Å². The van der Waals surface area contributed by atoms with Crippen molar-refractivity contribution in [2.75, 3.05) is 6.54 Å². The molecule has 24 heavy (non-hydrogen) atoms. The van der Waals surface area contributed by atoms with Crippen molar-refractivity contribution in [2.45, 2.75) is 45.2 Å². The lowest BCUT2D eigenvalue weighted by Crippen LogP contribution is -2.35. The minimum absolute atomic E-state index is 0.0223. The predicted molar refractivity (Wildman–Crippen MR) is 89.5 cm³/mol. The highest BCUT2D eigenvalue weighted by molar-refractivity contribution is 5.34. The molecule has 0 bridgehead atoms. The molecule has 1 saturated carbocycles. The Kier molecular flexibility index (Phi) is 3.54. The number of nitrogens with zero attached hydrogens (tertiary/aromatic N) is 4. The third-order valence-corrected chi connectivity index (χ3v) is 5.28. The zero-order valence-corrected chi connectivity index (χ0v) is 14.1. The van der Waals surface area contributed by atoms with E-state index >= 15 is 0 Å². The first-order valence-electron chi connectivity index (χ1n) is 8.46. The smallest absolute Gasteiger partial charge is 0.255 e. The minimum Gasteiger partial charge on any atom is -0.340 e. The van der Waals surface area contributed by atoms with Gasteiger partial charge in [-0.15, -0.1) is 0 Å². The van der Waals surface area contributed by atoms with Gasteiger partial charge >= 0.3 is 0 Å². The Hall–Kier alpha value is -2.39. The van der Waals surface area contributed by atoms with Crippen molar-refractivity contribution in [3.05, 3.63) is 50.5 Å². The Morgan fingerprint density at radius 2 is 2.25 bits per heavy atom. The van der Waals surface area contributed by atoms with Gasteiger partial charge in [0.05, 0.1) is 11.3 Å². The van der Waals surface area contributed by atoms with Gasteiger partial charge in [-0.25, -0.2) is 4.98 Å². The number of aromatic nitrogens is 3. The van der Waals surface area contributed by atoms with E-state index in [1.807, 2.05) is 24.6 Å². The zero-order chi connectivity index (χ0) is 16.8.